The quantitative estimate of drug-likeness (QED) is 0.627. The zero-order valence-electron chi connectivity index (χ0n) is 3.24. The number of hydrogen-bond donors (Lipinski definition) is 0. The molecule has 0 saturated carbocycles. The Morgan fingerprint density at radius 1 is 0.333 bits per heavy atom. The van der Waals surface area contributed by atoms with Gasteiger partial charge in [0.05, 0.1) is 0 Å². The van der Waals surface area contributed by atoms with Crippen molar-refractivity contribution in [2.75, 3.05) is 0 Å². The molecule has 0 unspecified atom stereocenters. The summed E-state index contributed by atoms with van der Waals surface area (Å²) >= 11 is 0. The molecule has 6 heteroatoms. The molecule has 10 N–H and O–H groups in total. The van der Waals surface area contributed by atoms with Gasteiger partial charge < -0.3 is 30.8 Å². The SMILES string of the molecule is [NH2-].[NH2-].[NH2-].[NH2-].[NH2-].[Os+5]. The Morgan fingerprint density at radius 3 is 0.333 bits per heavy atom. The van der Waals surface area contributed by atoms with Crippen LogP contribution in [0.5, 0.6) is 0 Å². The molecule has 5 nitrogen and oxygen atoms in total. The summed E-state index contributed by atoms with van der Waals surface area (Å²) in [6, 6.07) is 0. The molecule has 0 aromatic rings. The summed E-state index contributed by atoms with van der Waals surface area (Å²) in [5.41, 5.74) is 0. The third kappa shape index (κ3) is 275. The molecule has 0 rings (SSSR count). The van der Waals surface area contributed by atoms with E-state index in [-0.39, 0.29) is 50.5 Å². The molecule has 0 bridgehead atoms. The Hall–Kier alpha value is 0.436. The van der Waals surface area contributed by atoms with Crippen molar-refractivity contribution in [3.63, 3.8) is 0 Å². The molecule has 0 aliphatic heterocycles. The first-order chi connectivity index (χ1) is 0. The van der Waals surface area contributed by atoms with Crippen LogP contribution in [0, 0.1) is 0 Å². The molecular formula is H10N5Os. The normalized spacial score (nSPS) is 0. The Labute approximate surface area is 51.2 Å². The van der Waals surface area contributed by atoms with E-state index < -0.39 is 0 Å². The second-order valence-electron chi connectivity index (χ2n) is 0. The Kier molecular flexibility index (Phi) is 93600. The summed E-state index contributed by atoms with van der Waals surface area (Å²) in [7, 11) is 0. The van der Waals surface area contributed by atoms with Gasteiger partial charge in [-0.15, -0.1) is 0 Å². The van der Waals surface area contributed by atoms with Crippen LogP contribution in [0.25, 0.3) is 30.8 Å². The van der Waals surface area contributed by atoms with Crippen LogP contribution in [-0.2, 0) is 19.8 Å². The van der Waals surface area contributed by atoms with Crippen molar-refractivity contribution >= 4 is 0 Å². The van der Waals surface area contributed by atoms with E-state index in [9.17, 15) is 0 Å². The molecular weight excluding hydrogens is 260 g/mol. The number of hydrogen-bond acceptors (Lipinski definition) is 0. The molecule has 0 heterocycles. The molecule has 43 valence electrons. The fraction of sp³-hybridized carbons (Fsp3) is 0. The first-order valence-electron chi connectivity index (χ1n) is 0. The average molecular weight is 270 g/mol. The second-order valence-corrected chi connectivity index (χ2v) is 0. The molecule has 0 aromatic carbocycles. The van der Waals surface area contributed by atoms with E-state index in [1.165, 1.54) is 0 Å². The summed E-state index contributed by atoms with van der Waals surface area (Å²) in [4.78, 5) is 0. The van der Waals surface area contributed by atoms with Crippen LogP contribution in [0.2, 0.25) is 0 Å². The Morgan fingerprint density at radius 2 is 0.333 bits per heavy atom. The fourth-order valence-electron chi connectivity index (χ4n) is 0. The Bertz CT molecular complexity index is 3.90. The molecule has 0 saturated heterocycles. The topological polar surface area (TPSA) is 168 Å². The molecule has 0 fully saturated rings. The summed E-state index contributed by atoms with van der Waals surface area (Å²) in [6.07, 6.45) is 0. The monoisotopic (exact) mass is 272 g/mol. The van der Waals surface area contributed by atoms with E-state index in [4.69, 9.17) is 0 Å². The van der Waals surface area contributed by atoms with E-state index >= 15 is 0 Å². The van der Waals surface area contributed by atoms with Crippen molar-refractivity contribution in [1.29, 1.82) is 0 Å². The summed E-state index contributed by atoms with van der Waals surface area (Å²) in [5, 5.41) is 0. The molecule has 0 aromatic heterocycles. The van der Waals surface area contributed by atoms with Gasteiger partial charge in [-0.2, -0.15) is 0 Å². The van der Waals surface area contributed by atoms with Crippen LogP contribution in [0.15, 0.2) is 0 Å². The molecule has 0 aliphatic rings. The van der Waals surface area contributed by atoms with Gasteiger partial charge in [0, 0.05) is 0 Å². The molecule has 1 radical (unpaired) electrons. The van der Waals surface area contributed by atoms with E-state index in [1.807, 2.05) is 0 Å². The maximum absolute atomic E-state index is 0. The van der Waals surface area contributed by atoms with Gasteiger partial charge in [0.1, 0.15) is 0 Å². The fourth-order valence-corrected chi connectivity index (χ4v) is 0. The smallest absolute Gasteiger partial charge is 0.693 e. The van der Waals surface area contributed by atoms with Crippen molar-refractivity contribution in [2.24, 2.45) is 0 Å². The standard InChI is InChI=1S/5H2N.Os/h5*1H2;/q5*-1;+5. The van der Waals surface area contributed by atoms with Crippen LogP contribution >= 0.6 is 0 Å². The minimum atomic E-state index is 0. The van der Waals surface area contributed by atoms with Crippen molar-refractivity contribution in [3.8, 4) is 0 Å². The van der Waals surface area contributed by atoms with Crippen molar-refractivity contribution < 1.29 is 19.8 Å². The molecule has 0 atom stereocenters. The molecule has 0 amide bonds. The Balaban J connectivity index is 0. The molecule has 6 heavy (non-hydrogen) atoms. The maximum Gasteiger partial charge on any atom is 5.00 e. The van der Waals surface area contributed by atoms with Crippen molar-refractivity contribution in [1.82, 2.24) is 0 Å². The first kappa shape index (κ1) is 999. The molecule has 0 aliphatic carbocycles. The number of nitrogens with two attached hydrogens (primary N) is 5. The van der Waals surface area contributed by atoms with Gasteiger partial charge in [-0.3, -0.25) is 0 Å². The average Bonchev–Trinajstić information content (AvgIpc) is 0. The van der Waals surface area contributed by atoms with Crippen molar-refractivity contribution in [3.05, 3.63) is 30.8 Å². The predicted molar refractivity (Wildman–Crippen MR) is 26.4 cm³/mol. The predicted octanol–water partition coefficient (Wildman–Crippen LogP) is 3.58. The van der Waals surface area contributed by atoms with Gasteiger partial charge in [0.15, 0.2) is 0 Å². The summed E-state index contributed by atoms with van der Waals surface area (Å²) in [5.74, 6) is 0. The third-order valence-electron chi connectivity index (χ3n) is 0. The van der Waals surface area contributed by atoms with E-state index in [1.54, 1.807) is 0 Å². The zero-order chi connectivity index (χ0) is 0. The molecule has 0 spiro atoms. The van der Waals surface area contributed by atoms with Gasteiger partial charge in [-0.05, 0) is 0 Å². The summed E-state index contributed by atoms with van der Waals surface area (Å²) < 4.78 is 0. The zero-order valence-corrected chi connectivity index (χ0v) is 5.78. The third-order valence-corrected chi connectivity index (χ3v) is 0. The largest absolute Gasteiger partial charge is 5.00 e. The van der Waals surface area contributed by atoms with Gasteiger partial charge in [0.2, 0.25) is 0 Å². The van der Waals surface area contributed by atoms with Crippen LogP contribution in [0.4, 0.5) is 0 Å². The minimum Gasteiger partial charge on any atom is -0.693 e. The van der Waals surface area contributed by atoms with Gasteiger partial charge in [0.25, 0.3) is 0 Å². The van der Waals surface area contributed by atoms with Crippen LogP contribution < -0.4 is 0 Å². The van der Waals surface area contributed by atoms with Gasteiger partial charge in [-0.1, -0.05) is 0 Å². The van der Waals surface area contributed by atoms with E-state index in [0.29, 0.717) is 0 Å². The van der Waals surface area contributed by atoms with Crippen molar-refractivity contribution in [2.45, 2.75) is 0 Å². The van der Waals surface area contributed by atoms with E-state index in [0.717, 1.165) is 0 Å². The van der Waals surface area contributed by atoms with Gasteiger partial charge in [-0.25, -0.2) is 0 Å². The summed E-state index contributed by atoms with van der Waals surface area (Å²) in [6.45, 7) is 0. The first-order valence-corrected chi connectivity index (χ1v) is 0. The van der Waals surface area contributed by atoms with Crippen LogP contribution in [0.1, 0.15) is 0 Å². The van der Waals surface area contributed by atoms with E-state index in [2.05, 4.69) is 0 Å². The number of rotatable bonds is 0. The van der Waals surface area contributed by atoms with Crippen LogP contribution in [0.3, 0.4) is 0 Å². The minimum absolute atomic E-state index is 0. The van der Waals surface area contributed by atoms with Crippen LogP contribution in [-0.4, -0.2) is 0 Å². The van der Waals surface area contributed by atoms with Gasteiger partial charge >= 0.3 is 19.8 Å². The maximum atomic E-state index is 0. The second kappa shape index (κ2) is 562.